The summed E-state index contributed by atoms with van der Waals surface area (Å²) in [6.07, 6.45) is 9.70. The molecule has 2 fully saturated rings. The molecule has 7 nitrogen and oxygen atoms in total. The third-order valence-electron chi connectivity index (χ3n) is 7.19. The minimum atomic E-state index is -0.294. The summed E-state index contributed by atoms with van der Waals surface area (Å²) in [5.41, 5.74) is 11.3. The van der Waals surface area contributed by atoms with Crippen molar-refractivity contribution in [2.75, 3.05) is 30.4 Å². The highest BCUT2D eigenvalue weighted by Crippen LogP contribution is 2.52. The van der Waals surface area contributed by atoms with Crippen LogP contribution in [-0.2, 0) is 6.42 Å². The summed E-state index contributed by atoms with van der Waals surface area (Å²) in [6, 6.07) is 6.99. The highest BCUT2D eigenvalue weighted by atomic mass is 19.1. The normalized spacial score (nSPS) is 19.2. The van der Waals surface area contributed by atoms with Gasteiger partial charge in [0.1, 0.15) is 23.1 Å². The molecule has 33 heavy (non-hydrogen) atoms. The zero-order valence-corrected chi connectivity index (χ0v) is 18.2. The van der Waals surface area contributed by atoms with Crippen LogP contribution in [0.2, 0.25) is 0 Å². The van der Waals surface area contributed by atoms with Crippen LogP contribution in [0.5, 0.6) is 11.8 Å². The van der Waals surface area contributed by atoms with Gasteiger partial charge in [0.25, 0.3) is 0 Å². The Labute approximate surface area is 191 Å². The summed E-state index contributed by atoms with van der Waals surface area (Å²) in [7, 11) is 1.79. The van der Waals surface area contributed by atoms with Crippen LogP contribution in [-0.4, -0.2) is 41.1 Å². The fraction of sp³-hybridized carbons (Fsp3) is 0.320. The molecule has 3 heterocycles. The van der Waals surface area contributed by atoms with Gasteiger partial charge < -0.3 is 20.7 Å². The number of nitrogens with zero attached hydrogens (tertiary/aromatic N) is 4. The quantitative estimate of drug-likeness (QED) is 0.469. The number of nitrogens with one attached hydrogen (secondary N) is 1. The number of anilines is 2. The summed E-state index contributed by atoms with van der Waals surface area (Å²) in [4.78, 5) is 15.9. The maximum Gasteiger partial charge on any atom is 0.324 e. The average Bonchev–Trinajstić information content (AvgIpc) is 3.15. The predicted octanol–water partition coefficient (Wildman–Crippen LogP) is 3.32. The SMILES string of the molecule is C#Cc1ccc(Oc2nc3c(c(N4CC5(CC[C@H]5N)C4)n2)-c2cc(F)cc(NC)c2C3)cn1. The van der Waals surface area contributed by atoms with Crippen molar-refractivity contribution in [2.24, 2.45) is 11.1 Å². The molecule has 166 valence electrons. The van der Waals surface area contributed by atoms with E-state index in [1.165, 1.54) is 6.07 Å². The van der Waals surface area contributed by atoms with Crippen molar-refractivity contribution >= 4 is 11.5 Å². The van der Waals surface area contributed by atoms with E-state index in [1.807, 2.05) is 0 Å². The molecular formula is C25H23FN6O. The molecule has 1 spiro atoms. The average molecular weight is 442 g/mol. The Balaban J connectivity index is 1.42. The van der Waals surface area contributed by atoms with E-state index in [0.29, 0.717) is 17.9 Å². The first-order valence-corrected chi connectivity index (χ1v) is 11.0. The number of rotatable bonds is 4. The number of halogens is 1. The molecule has 1 atom stereocenters. The second kappa shape index (κ2) is 7.15. The van der Waals surface area contributed by atoms with Gasteiger partial charge >= 0.3 is 6.01 Å². The van der Waals surface area contributed by atoms with E-state index in [-0.39, 0.29) is 23.3 Å². The molecule has 1 aliphatic heterocycles. The van der Waals surface area contributed by atoms with E-state index < -0.39 is 0 Å². The number of fused-ring (bicyclic) bond motifs is 3. The molecule has 3 aromatic rings. The van der Waals surface area contributed by atoms with E-state index in [0.717, 1.165) is 59.8 Å². The van der Waals surface area contributed by atoms with Crippen LogP contribution < -0.4 is 20.7 Å². The van der Waals surface area contributed by atoms with Gasteiger partial charge in [0.05, 0.1) is 11.9 Å². The second-order valence-electron chi connectivity index (χ2n) is 9.05. The number of terminal acetylenes is 1. The van der Waals surface area contributed by atoms with Gasteiger partial charge in [0.2, 0.25) is 0 Å². The van der Waals surface area contributed by atoms with Crippen molar-refractivity contribution in [2.45, 2.75) is 25.3 Å². The molecule has 0 unspecified atom stereocenters. The highest BCUT2D eigenvalue weighted by Gasteiger charge is 2.54. The van der Waals surface area contributed by atoms with Crippen molar-refractivity contribution < 1.29 is 9.13 Å². The van der Waals surface area contributed by atoms with Crippen LogP contribution in [0, 0.1) is 23.6 Å². The molecule has 3 N–H and O–H groups in total. The minimum Gasteiger partial charge on any atom is -0.423 e. The van der Waals surface area contributed by atoms with Crippen LogP contribution in [0.4, 0.5) is 15.9 Å². The van der Waals surface area contributed by atoms with Crippen molar-refractivity contribution in [1.29, 1.82) is 0 Å². The van der Waals surface area contributed by atoms with Gasteiger partial charge in [-0.2, -0.15) is 9.97 Å². The molecule has 0 bridgehead atoms. The third-order valence-corrected chi connectivity index (χ3v) is 7.19. The molecule has 0 radical (unpaired) electrons. The maximum atomic E-state index is 14.4. The fourth-order valence-corrected chi connectivity index (χ4v) is 5.20. The molecule has 2 aliphatic carbocycles. The molecule has 1 saturated carbocycles. The fourth-order valence-electron chi connectivity index (χ4n) is 5.20. The van der Waals surface area contributed by atoms with Gasteiger partial charge in [-0.3, -0.25) is 0 Å². The Hall–Kier alpha value is -3.70. The number of pyridine rings is 1. The zero-order valence-electron chi connectivity index (χ0n) is 18.2. The predicted molar refractivity (Wildman–Crippen MR) is 124 cm³/mol. The summed E-state index contributed by atoms with van der Waals surface area (Å²) >= 11 is 0. The monoisotopic (exact) mass is 442 g/mol. The van der Waals surface area contributed by atoms with Gasteiger partial charge in [0.15, 0.2) is 0 Å². The van der Waals surface area contributed by atoms with E-state index in [1.54, 1.807) is 31.4 Å². The number of benzene rings is 1. The standard InChI is InChI=1S/C25H23FN6O/c1-3-15-4-5-16(11-29-15)33-24-30-20-10-17-18(8-14(26)9-19(17)28-2)22(20)23(31-24)32-12-25(13-32)7-6-21(25)27/h1,4-5,8-9,11,21,28H,6-7,10,12-13,27H2,2H3/t21-/m1/s1. The van der Waals surface area contributed by atoms with Gasteiger partial charge in [-0.25, -0.2) is 9.37 Å². The molecule has 6 rings (SSSR count). The molecule has 2 aromatic heterocycles. The Morgan fingerprint density at radius 1 is 1.30 bits per heavy atom. The molecule has 8 heteroatoms. The number of hydrogen-bond acceptors (Lipinski definition) is 7. The van der Waals surface area contributed by atoms with Gasteiger partial charge in [0, 0.05) is 49.3 Å². The van der Waals surface area contributed by atoms with Crippen molar-refractivity contribution in [3.63, 3.8) is 0 Å². The number of nitrogens with two attached hydrogens (primary N) is 1. The summed E-state index contributed by atoms with van der Waals surface area (Å²) in [6.45, 7) is 1.66. The molecule has 3 aliphatic rings. The minimum absolute atomic E-state index is 0.160. The van der Waals surface area contributed by atoms with Gasteiger partial charge in [-0.1, -0.05) is 5.92 Å². The van der Waals surface area contributed by atoms with Crippen LogP contribution in [0.15, 0.2) is 30.5 Å². The van der Waals surface area contributed by atoms with E-state index in [9.17, 15) is 4.39 Å². The summed E-state index contributed by atoms with van der Waals surface area (Å²) in [5.74, 6) is 3.46. The largest absolute Gasteiger partial charge is 0.423 e. The van der Waals surface area contributed by atoms with Crippen LogP contribution in [0.25, 0.3) is 11.1 Å². The molecular weight excluding hydrogens is 419 g/mol. The first kappa shape index (κ1) is 19.9. The molecule has 1 saturated heterocycles. The lowest BCUT2D eigenvalue weighted by Gasteiger charge is -2.60. The lowest BCUT2D eigenvalue weighted by Crippen LogP contribution is -2.69. The smallest absolute Gasteiger partial charge is 0.324 e. The molecule has 0 amide bonds. The first-order chi connectivity index (χ1) is 16.0. The topological polar surface area (TPSA) is 89.2 Å². The van der Waals surface area contributed by atoms with Crippen LogP contribution >= 0.6 is 0 Å². The summed E-state index contributed by atoms with van der Waals surface area (Å²) in [5, 5.41) is 3.11. The van der Waals surface area contributed by atoms with Crippen LogP contribution in [0.3, 0.4) is 0 Å². The van der Waals surface area contributed by atoms with E-state index in [2.05, 4.69) is 21.1 Å². The van der Waals surface area contributed by atoms with Gasteiger partial charge in [-0.15, -0.1) is 6.42 Å². The lowest BCUT2D eigenvalue weighted by atomic mass is 9.60. The lowest BCUT2D eigenvalue weighted by molar-refractivity contribution is 0.0558. The summed E-state index contributed by atoms with van der Waals surface area (Å²) < 4.78 is 20.4. The van der Waals surface area contributed by atoms with Crippen molar-refractivity contribution in [1.82, 2.24) is 15.0 Å². The van der Waals surface area contributed by atoms with Crippen molar-refractivity contribution in [3.05, 3.63) is 53.2 Å². The number of ether oxygens (including phenoxy) is 1. The van der Waals surface area contributed by atoms with E-state index >= 15 is 0 Å². The maximum absolute atomic E-state index is 14.4. The highest BCUT2D eigenvalue weighted by molar-refractivity contribution is 5.88. The first-order valence-electron chi connectivity index (χ1n) is 11.0. The molecule has 1 aromatic carbocycles. The van der Waals surface area contributed by atoms with Crippen LogP contribution in [0.1, 0.15) is 29.8 Å². The Kier molecular flexibility index (Phi) is 4.32. The number of aromatic nitrogens is 3. The third kappa shape index (κ3) is 3.04. The Morgan fingerprint density at radius 3 is 2.79 bits per heavy atom. The second-order valence-corrected chi connectivity index (χ2v) is 9.05. The zero-order chi connectivity index (χ0) is 22.7. The Bertz CT molecular complexity index is 1310. The van der Waals surface area contributed by atoms with Gasteiger partial charge in [-0.05, 0) is 48.2 Å². The van der Waals surface area contributed by atoms with E-state index in [4.69, 9.17) is 26.9 Å². The Morgan fingerprint density at radius 2 is 2.15 bits per heavy atom. The number of hydrogen-bond donors (Lipinski definition) is 2. The van der Waals surface area contributed by atoms with Crippen molar-refractivity contribution in [3.8, 4) is 35.2 Å².